The van der Waals surface area contributed by atoms with Crippen molar-refractivity contribution in [2.45, 2.75) is 28.7 Å². The number of anilines is 1. The highest BCUT2D eigenvalue weighted by molar-refractivity contribution is 7.91. The van der Waals surface area contributed by atoms with Crippen LogP contribution < -0.4 is 9.62 Å². The van der Waals surface area contributed by atoms with Crippen LogP contribution in [-0.4, -0.2) is 51.8 Å². The van der Waals surface area contributed by atoms with Gasteiger partial charge in [0.25, 0.3) is 0 Å². The maximum absolute atomic E-state index is 15.3. The van der Waals surface area contributed by atoms with Gasteiger partial charge in [-0.3, -0.25) is 9.89 Å². The minimum atomic E-state index is -4.04. The van der Waals surface area contributed by atoms with E-state index < -0.39 is 37.6 Å². The third-order valence-electron chi connectivity index (χ3n) is 6.30. The third kappa shape index (κ3) is 4.87. The molecule has 9 nitrogen and oxygen atoms in total. The number of carbonyl (C=O) groups excluding carboxylic acids is 1. The van der Waals surface area contributed by atoms with Crippen molar-refractivity contribution < 1.29 is 26.0 Å². The van der Waals surface area contributed by atoms with Crippen molar-refractivity contribution in [3.8, 4) is 11.1 Å². The van der Waals surface area contributed by atoms with Crippen LogP contribution in [0.1, 0.15) is 12.8 Å². The first-order valence-electron chi connectivity index (χ1n) is 11.4. The minimum absolute atomic E-state index is 0.00614. The number of nitrogens with zero attached hydrogens (tertiary/aromatic N) is 2. The quantitative estimate of drug-likeness (QED) is 0.385. The van der Waals surface area contributed by atoms with Crippen molar-refractivity contribution in [3.05, 3.63) is 72.7 Å². The van der Waals surface area contributed by atoms with E-state index in [1.54, 1.807) is 36.5 Å². The number of benzene rings is 3. The van der Waals surface area contributed by atoms with Gasteiger partial charge in [0.05, 0.1) is 27.2 Å². The molecule has 3 aromatic carbocycles. The normalized spacial score (nSPS) is 16.9. The predicted octanol–water partition coefficient (Wildman–Crippen LogP) is 3.25. The molecule has 37 heavy (non-hydrogen) atoms. The van der Waals surface area contributed by atoms with E-state index in [-0.39, 0.29) is 28.4 Å². The lowest BCUT2D eigenvalue weighted by Crippen LogP contribution is -2.52. The zero-order valence-electron chi connectivity index (χ0n) is 19.7. The molecule has 1 unspecified atom stereocenters. The number of nitrogens with one attached hydrogen (secondary N) is 2. The van der Waals surface area contributed by atoms with Gasteiger partial charge in [0, 0.05) is 23.8 Å². The van der Waals surface area contributed by atoms with E-state index in [9.17, 15) is 21.6 Å². The van der Waals surface area contributed by atoms with Crippen LogP contribution in [0.25, 0.3) is 22.0 Å². The summed E-state index contributed by atoms with van der Waals surface area (Å²) in [6, 6.07) is 13.8. The van der Waals surface area contributed by atoms with E-state index in [1.807, 2.05) is 0 Å². The number of aromatic nitrogens is 2. The standard InChI is InChI=1S/C25H23FN4O5S2/c1-36(32,33)24-7-3-2-5-19(24)16-9-11-23(20(26)13-16)30-12-4-6-21(25(30)31)29-37(34,35)18-10-8-17-15-27-28-22(17)14-18/h2-3,5,7-11,13-15,21,29H,4,6,12H2,1H3,(H,27,28). The molecule has 1 aliphatic heterocycles. The van der Waals surface area contributed by atoms with Crippen molar-refractivity contribution in [1.29, 1.82) is 0 Å². The number of hydrogen-bond donors (Lipinski definition) is 2. The summed E-state index contributed by atoms with van der Waals surface area (Å²) >= 11 is 0. The number of carbonyl (C=O) groups is 1. The van der Waals surface area contributed by atoms with E-state index >= 15 is 4.39 Å². The first kappa shape index (κ1) is 25.1. The Labute approximate surface area is 213 Å². The van der Waals surface area contributed by atoms with Crippen LogP contribution >= 0.6 is 0 Å². The highest BCUT2D eigenvalue weighted by Crippen LogP contribution is 2.32. The Hall–Kier alpha value is -3.61. The molecule has 0 radical (unpaired) electrons. The third-order valence-corrected chi connectivity index (χ3v) is 8.92. The van der Waals surface area contributed by atoms with Crippen molar-refractivity contribution in [2.75, 3.05) is 17.7 Å². The number of fused-ring (bicyclic) bond motifs is 1. The molecule has 0 bridgehead atoms. The van der Waals surface area contributed by atoms with Gasteiger partial charge in [-0.05, 0) is 54.8 Å². The fourth-order valence-corrected chi connectivity index (χ4v) is 6.64. The van der Waals surface area contributed by atoms with Gasteiger partial charge in [-0.25, -0.2) is 21.2 Å². The van der Waals surface area contributed by atoms with Crippen LogP contribution in [0.15, 0.2) is 76.7 Å². The lowest BCUT2D eigenvalue weighted by atomic mass is 10.0. The summed E-state index contributed by atoms with van der Waals surface area (Å²) in [6.07, 6.45) is 3.37. The number of piperidine rings is 1. The van der Waals surface area contributed by atoms with Gasteiger partial charge < -0.3 is 4.90 Å². The lowest BCUT2D eigenvalue weighted by Gasteiger charge is -2.32. The van der Waals surface area contributed by atoms with Gasteiger partial charge in [-0.15, -0.1) is 0 Å². The molecule has 1 fully saturated rings. The second kappa shape index (κ2) is 9.36. The topological polar surface area (TPSA) is 129 Å². The molecule has 0 spiro atoms. The van der Waals surface area contributed by atoms with Gasteiger partial charge in [0.2, 0.25) is 15.9 Å². The Morgan fingerprint density at radius 1 is 1.05 bits per heavy atom. The molecule has 1 saturated heterocycles. The summed E-state index contributed by atoms with van der Waals surface area (Å²) in [6.45, 7) is 0.216. The second-order valence-electron chi connectivity index (χ2n) is 8.86. The number of H-pyrrole nitrogens is 1. The van der Waals surface area contributed by atoms with Gasteiger partial charge in [0.1, 0.15) is 11.9 Å². The summed E-state index contributed by atoms with van der Waals surface area (Å²) < 4.78 is 68.1. The molecule has 1 aromatic heterocycles. The summed E-state index contributed by atoms with van der Waals surface area (Å²) in [7, 11) is -7.58. The fraction of sp³-hybridized carbons (Fsp3) is 0.200. The number of sulfonamides is 1. The summed E-state index contributed by atoms with van der Waals surface area (Å²) in [5.41, 5.74) is 1.23. The Morgan fingerprint density at radius 3 is 2.59 bits per heavy atom. The number of aromatic amines is 1. The van der Waals surface area contributed by atoms with Crippen LogP contribution in [0, 0.1) is 5.82 Å². The van der Waals surface area contributed by atoms with Crippen LogP contribution in [0.2, 0.25) is 0 Å². The monoisotopic (exact) mass is 542 g/mol. The molecule has 192 valence electrons. The number of sulfone groups is 1. The van der Waals surface area contributed by atoms with Crippen LogP contribution in [0.3, 0.4) is 0 Å². The number of amides is 1. The second-order valence-corrected chi connectivity index (χ2v) is 12.6. The Balaban J connectivity index is 1.40. The first-order chi connectivity index (χ1) is 17.5. The average Bonchev–Trinajstić information content (AvgIpc) is 3.33. The van der Waals surface area contributed by atoms with E-state index in [0.29, 0.717) is 23.1 Å². The minimum Gasteiger partial charge on any atom is -0.308 e. The average molecular weight is 543 g/mol. The molecule has 12 heteroatoms. The smallest absolute Gasteiger partial charge is 0.245 e. The molecule has 1 amide bonds. The molecular formula is C25H23FN4O5S2. The molecular weight excluding hydrogens is 519 g/mol. The zero-order chi connectivity index (χ0) is 26.4. The first-order valence-corrected chi connectivity index (χ1v) is 14.8. The Kier molecular flexibility index (Phi) is 6.34. The van der Waals surface area contributed by atoms with Gasteiger partial charge in [0.15, 0.2) is 9.84 Å². The summed E-state index contributed by atoms with van der Waals surface area (Å²) in [4.78, 5) is 14.5. The lowest BCUT2D eigenvalue weighted by molar-refractivity contribution is -0.121. The van der Waals surface area contributed by atoms with Crippen LogP contribution in [0.4, 0.5) is 10.1 Å². The van der Waals surface area contributed by atoms with Gasteiger partial charge in [-0.2, -0.15) is 9.82 Å². The molecule has 1 atom stereocenters. The van der Waals surface area contributed by atoms with E-state index in [2.05, 4.69) is 14.9 Å². The van der Waals surface area contributed by atoms with Gasteiger partial charge >= 0.3 is 0 Å². The molecule has 2 heterocycles. The molecule has 4 aromatic rings. The van der Waals surface area contributed by atoms with Crippen LogP contribution in [0.5, 0.6) is 0 Å². The number of hydrogen-bond acceptors (Lipinski definition) is 6. The van der Waals surface area contributed by atoms with E-state index in [4.69, 9.17) is 0 Å². The highest BCUT2D eigenvalue weighted by atomic mass is 32.2. The van der Waals surface area contributed by atoms with Crippen LogP contribution in [-0.2, 0) is 24.7 Å². The Morgan fingerprint density at radius 2 is 1.84 bits per heavy atom. The van der Waals surface area contributed by atoms with Crippen molar-refractivity contribution >= 4 is 42.4 Å². The van der Waals surface area contributed by atoms with Gasteiger partial charge in [-0.1, -0.05) is 24.3 Å². The van der Waals surface area contributed by atoms with Crippen molar-refractivity contribution in [2.24, 2.45) is 0 Å². The number of halogens is 1. The predicted molar refractivity (Wildman–Crippen MR) is 137 cm³/mol. The molecule has 2 N–H and O–H groups in total. The maximum Gasteiger partial charge on any atom is 0.245 e. The zero-order valence-corrected chi connectivity index (χ0v) is 21.3. The molecule has 0 aliphatic carbocycles. The summed E-state index contributed by atoms with van der Waals surface area (Å²) in [5, 5.41) is 7.34. The fourth-order valence-electron chi connectivity index (χ4n) is 4.48. The van der Waals surface area contributed by atoms with Crippen molar-refractivity contribution in [1.82, 2.24) is 14.9 Å². The summed E-state index contributed by atoms with van der Waals surface area (Å²) in [5.74, 6) is -1.29. The molecule has 1 aliphatic rings. The molecule has 0 saturated carbocycles. The SMILES string of the molecule is CS(=O)(=O)c1ccccc1-c1ccc(N2CCCC(NS(=O)(=O)c3ccc4cn[nH]c4c3)C2=O)c(F)c1. The van der Waals surface area contributed by atoms with E-state index in [1.165, 1.54) is 35.2 Å². The highest BCUT2D eigenvalue weighted by Gasteiger charge is 2.34. The maximum atomic E-state index is 15.3. The molecule has 5 rings (SSSR count). The van der Waals surface area contributed by atoms with Crippen molar-refractivity contribution in [3.63, 3.8) is 0 Å². The largest absolute Gasteiger partial charge is 0.308 e. The van der Waals surface area contributed by atoms with E-state index in [0.717, 1.165) is 11.6 Å². The Bertz CT molecular complexity index is 1730. The number of rotatable bonds is 6.